The first-order valence-electron chi connectivity index (χ1n) is 4.70. The van der Waals surface area contributed by atoms with Crippen molar-refractivity contribution in [2.24, 2.45) is 0 Å². The van der Waals surface area contributed by atoms with Crippen molar-refractivity contribution in [3.63, 3.8) is 0 Å². The Bertz CT molecular complexity index is 395. The molecule has 78 valence electrons. The molecule has 0 saturated heterocycles. The predicted molar refractivity (Wildman–Crippen MR) is 57.1 cm³/mol. The molecule has 1 aromatic rings. The van der Waals surface area contributed by atoms with Gasteiger partial charge < -0.3 is 20.7 Å². The van der Waals surface area contributed by atoms with E-state index in [0.29, 0.717) is 29.8 Å². The summed E-state index contributed by atoms with van der Waals surface area (Å²) in [4.78, 5) is 11.5. The van der Waals surface area contributed by atoms with Crippen LogP contribution in [0, 0.1) is 0 Å². The molecule has 15 heavy (non-hydrogen) atoms. The summed E-state index contributed by atoms with van der Waals surface area (Å²) in [6, 6.07) is 4.68. The van der Waals surface area contributed by atoms with Crippen LogP contribution in [0.5, 0.6) is 0 Å². The maximum Gasteiger partial charge on any atom is 0.488 e. The van der Waals surface area contributed by atoms with Crippen molar-refractivity contribution in [3.8, 4) is 0 Å². The van der Waals surface area contributed by atoms with E-state index in [1.54, 1.807) is 12.1 Å². The van der Waals surface area contributed by atoms with Crippen molar-refractivity contribution in [1.82, 2.24) is 5.32 Å². The Morgan fingerprint density at radius 3 is 2.67 bits per heavy atom. The summed E-state index contributed by atoms with van der Waals surface area (Å²) < 4.78 is 0. The molecule has 0 bridgehead atoms. The summed E-state index contributed by atoms with van der Waals surface area (Å²) in [5.74, 6) is -0.144. The Hall–Kier alpha value is -1.53. The van der Waals surface area contributed by atoms with Gasteiger partial charge in [0.2, 0.25) is 0 Å². The average molecular weight is 206 g/mol. The molecule has 0 saturated carbocycles. The third-order valence-electron chi connectivity index (χ3n) is 2.31. The van der Waals surface area contributed by atoms with Crippen LogP contribution in [0.2, 0.25) is 0 Å². The Kier molecular flexibility index (Phi) is 2.61. The van der Waals surface area contributed by atoms with Gasteiger partial charge in [0, 0.05) is 18.8 Å². The van der Waals surface area contributed by atoms with Gasteiger partial charge in [-0.2, -0.15) is 0 Å². The SMILES string of the molecule is O=C1NCCNc2cc(B(O)O)ccc21. The molecule has 0 fully saturated rings. The van der Waals surface area contributed by atoms with Gasteiger partial charge in [-0.15, -0.1) is 0 Å². The van der Waals surface area contributed by atoms with Crippen LogP contribution in [0.3, 0.4) is 0 Å². The summed E-state index contributed by atoms with van der Waals surface area (Å²) in [7, 11) is -1.51. The molecular weight excluding hydrogens is 195 g/mol. The molecule has 0 aliphatic carbocycles. The van der Waals surface area contributed by atoms with Crippen molar-refractivity contribution < 1.29 is 14.8 Å². The summed E-state index contributed by atoms with van der Waals surface area (Å²) in [6.07, 6.45) is 0. The number of hydrogen-bond donors (Lipinski definition) is 4. The number of benzene rings is 1. The zero-order chi connectivity index (χ0) is 10.8. The quantitative estimate of drug-likeness (QED) is 0.422. The fraction of sp³-hybridized carbons (Fsp3) is 0.222. The Labute approximate surface area is 87.3 Å². The van der Waals surface area contributed by atoms with Gasteiger partial charge in [0.15, 0.2) is 0 Å². The van der Waals surface area contributed by atoms with Crippen LogP contribution in [0.4, 0.5) is 5.69 Å². The molecule has 0 atom stereocenters. The Balaban J connectivity index is 2.42. The smallest absolute Gasteiger partial charge is 0.423 e. The van der Waals surface area contributed by atoms with E-state index in [1.165, 1.54) is 6.07 Å². The third kappa shape index (κ3) is 1.95. The number of rotatable bonds is 1. The number of carbonyl (C=O) groups is 1. The summed E-state index contributed by atoms with van der Waals surface area (Å²) in [5, 5.41) is 23.7. The predicted octanol–water partition coefficient (Wildman–Crippen LogP) is -1.48. The Morgan fingerprint density at radius 1 is 1.20 bits per heavy atom. The van der Waals surface area contributed by atoms with Crippen LogP contribution < -0.4 is 16.1 Å². The molecule has 2 rings (SSSR count). The minimum atomic E-state index is -1.51. The number of nitrogens with one attached hydrogen (secondary N) is 2. The highest BCUT2D eigenvalue weighted by molar-refractivity contribution is 6.58. The monoisotopic (exact) mass is 206 g/mol. The maximum atomic E-state index is 11.5. The van der Waals surface area contributed by atoms with Gasteiger partial charge in [-0.25, -0.2) is 0 Å². The lowest BCUT2D eigenvalue weighted by atomic mass is 9.79. The molecule has 0 spiro atoms. The van der Waals surface area contributed by atoms with E-state index in [9.17, 15) is 4.79 Å². The van der Waals surface area contributed by atoms with Crippen molar-refractivity contribution in [3.05, 3.63) is 23.8 Å². The second kappa shape index (κ2) is 3.92. The number of hydrogen-bond acceptors (Lipinski definition) is 4. The van der Waals surface area contributed by atoms with Crippen molar-refractivity contribution in [2.45, 2.75) is 0 Å². The van der Waals surface area contributed by atoms with Crippen molar-refractivity contribution in [2.75, 3.05) is 18.4 Å². The van der Waals surface area contributed by atoms with E-state index < -0.39 is 7.12 Å². The van der Waals surface area contributed by atoms with Gasteiger partial charge in [-0.3, -0.25) is 4.79 Å². The molecular formula is C9H11BN2O3. The molecule has 1 amide bonds. The van der Waals surface area contributed by atoms with Crippen LogP contribution in [0.25, 0.3) is 0 Å². The fourth-order valence-electron chi connectivity index (χ4n) is 1.54. The normalized spacial score (nSPS) is 14.7. The minimum Gasteiger partial charge on any atom is -0.423 e. The molecule has 0 aromatic heterocycles. The van der Waals surface area contributed by atoms with E-state index in [1.807, 2.05) is 0 Å². The van der Waals surface area contributed by atoms with Crippen LogP contribution in [0.15, 0.2) is 18.2 Å². The Morgan fingerprint density at radius 2 is 1.93 bits per heavy atom. The second-order valence-corrected chi connectivity index (χ2v) is 3.36. The standard InChI is InChI=1S/C9H11BN2O3/c13-9-7-2-1-6(10(14)15)5-8(7)11-3-4-12-9/h1-2,5,11,14-15H,3-4H2,(H,12,13). The summed E-state index contributed by atoms with van der Waals surface area (Å²) >= 11 is 0. The van der Waals surface area contributed by atoms with E-state index in [-0.39, 0.29) is 5.91 Å². The highest BCUT2D eigenvalue weighted by Gasteiger charge is 2.18. The lowest BCUT2D eigenvalue weighted by molar-refractivity contribution is 0.0958. The lowest BCUT2D eigenvalue weighted by Crippen LogP contribution is -2.30. The van der Waals surface area contributed by atoms with Gasteiger partial charge in [-0.1, -0.05) is 6.07 Å². The number of fused-ring (bicyclic) bond motifs is 1. The number of carbonyl (C=O) groups excluding carboxylic acids is 1. The van der Waals surface area contributed by atoms with E-state index in [4.69, 9.17) is 10.0 Å². The van der Waals surface area contributed by atoms with Gasteiger partial charge >= 0.3 is 7.12 Å². The van der Waals surface area contributed by atoms with Gasteiger partial charge in [0.1, 0.15) is 0 Å². The van der Waals surface area contributed by atoms with Gasteiger partial charge in [0.05, 0.1) is 5.56 Å². The average Bonchev–Trinajstić information content (AvgIpc) is 2.40. The van der Waals surface area contributed by atoms with Gasteiger partial charge in [0.25, 0.3) is 5.91 Å². The topological polar surface area (TPSA) is 81.6 Å². The van der Waals surface area contributed by atoms with Crippen molar-refractivity contribution >= 4 is 24.2 Å². The summed E-state index contributed by atoms with van der Waals surface area (Å²) in [6.45, 7) is 1.19. The summed E-state index contributed by atoms with van der Waals surface area (Å²) in [5.41, 5.74) is 1.53. The van der Waals surface area contributed by atoms with Crippen LogP contribution in [-0.4, -0.2) is 36.2 Å². The number of amides is 1. The van der Waals surface area contributed by atoms with E-state index in [0.717, 1.165) is 0 Å². The maximum absolute atomic E-state index is 11.5. The van der Waals surface area contributed by atoms with Gasteiger partial charge in [-0.05, 0) is 17.6 Å². The molecule has 0 radical (unpaired) electrons. The second-order valence-electron chi connectivity index (χ2n) is 3.36. The molecule has 1 heterocycles. The van der Waals surface area contributed by atoms with Crippen molar-refractivity contribution in [1.29, 1.82) is 0 Å². The number of anilines is 1. The molecule has 6 heteroatoms. The first-order valence-corrected chi connectivity index (χ1v) is 4.70. The third-order valence-corrected chi connectivity index (χ3v) is 2.31. The first kappa shape index (κ1) is 10.0. The zero-order valence-electron chi connectivity index (χ0n) is 8.03. The first-order chi connectivity index (χ1) is 7.18. The molecule has 1 aliphatic heterocycles. The highest BCUT2D eigenvalue weighted by Crippen LogP contribution is 2.15. The fourth-order valence-corrected chi connectivity index (χ4v) is 1.54. The lowest BCUT2D eigenvalue weighted by Gasteiger charge is -2.08. The molecule has 5 nitrogen and oxygen atoms in total. The molecule has 1 aliphatic rings. The van der Waals surface area contributed by atoms with E-state index >= 15 is 0 Å². The van der Waals surface area contributed by atoms with E-state index in [2.05, 4.69) is 10.6 Å². The highest BCUT2D eigenvalue weighted by atomic mass is 16.4. The molecule has 4 N–H and O–H groups in total. The largest absolute Gasteiger partial charge is 0.488 e. The van der Waals surface area contributed by atoms with Crippen LogP contribution in [-0.2, 0) is 0 Å². The van der Waals surface area contributed by atoms with Crippen LogP contribution >= 0.6 is 0 Å². The molecule has 0 unspecified atom stereocenters. The van der Waals surface area contributed by atoms with Crippen LogP contribution in [0.1, 0.15) is 10.4 Å². The minimum absolute atomic E-state index is 0.144. The molecule has 1 aromatic carbocycles. The zero-order valence-corrected chi connectivity index (χ0v) is 8.03.